The third kappa shape index (κ3) is 5.80. The Kier molecular flexibility index (Phi) is 8.13. The summed E-state index contributed by atoms with van der Waals surface area (Å²) in [4.78, 5) is 12.6. The zero-order valence-corrected chi connectivity index (χ0v) is 22.4. The molecule has 1 amide bonds. The lowest BCUT2D eigenvalue weighted by Crippen LogP contribution is -2.17. The number of carbonyl (C=O) groups is 1. The highest BCUT2D eigenvalue weighted by Crippen LogP contribution is 2.34. The molecule has 0 fully saturated rings. The number of hydrogen-bond donors (Lipinski definition) is 1. The lowest BCUT2D eigenvalue weighted by atomic mass is 10.2. The zero-order valence-electron chi connectivity index (χ0n) is 20.1. The van der Waals surface area contributed by atoms with Crippen molar-refractivity contribution in [3.05, 3.63) is 110 Å². The second kappa shape index (κ2) is 11.5. The van der Waals surface area contributed by atoms with Crippen molar-refractivity contribution in [3.8, 4) is 17.2 Å². The molecule has 4 aromatic rings. The average Bonchev–Trinajstić information content (AvgIpc) is 3.22. The van der Waals surface area contributed by atoms with E-state index in [9.17, 15) is 4.79 Å². The van der Waals surface area contributed by atoms with Crippen molar-refractivity contribution in [2.24, 2.45) is 5.10 Å². The van der Waals surface area contributed by atoms with Gasteiger partial charge >= 0.3 is 0 Å². The Balaban J connectivity index is 1.42. The van der Waals surface area contributed by atoms with Gasteiger partial charge in [-0.3, -0.25) is 4.79 Å². The molecule has 0 atom stereocenters. The number of hydrogen-bond acceptors (Lipinski definition) is 4. The summed E-state index contributed by atoms with van der Waals surface area (Å²) in [6.45, 7) is 4.40. The first-order chi connectivity index (χ1) is 17.4. The Hall–Kier alpha value is -3.55. The largest absolute Gasteiger partial charge is 0.493 e. The van der Waals surface area contributed by atoms with Gasteiger partial charge in [-0.1, -0.05) is 29.8 Å². The van der Waals surface area contributed by atoms with Crippen molar-refractivity contribution in [2.45, 2.75) is 20.5 Å². The van der Waals surface area contributed by atoms with Crippen LogP contribution in [0.1, 0.15) is 32.9 Å². The molecule has 6 nitrogen and oxygen atoms in total. The van der Waals surface area contributed by atoms with Crippen LogP contribution in [0.15, 0.2) is 82.4 Å². The number of amides is 1. The molecule has 0 aliphatic heterocycles. The third-order valence-corrected chi connectivity index (χ3v) is 6.71. The normalized spacial score (nSPS) is 11.0. The Morgan fingerprint density at radius 3 is 2.39 bits per heavy atom. The Morgan fingerprint density at radius 2 is 1.72 bits per heavy atom. The lowest BCUT2D eigenvalue weighted by molar-refractivity contribution is 0.0955. The smallest absolute Gasteiger partial charge is 0.271 e. The van der Waals surface area contributed by atoms with Crippen LogP contribution in [0.3, 0.4) is 0 Å². The van der Waals surface area contributed by atoms with Gasteiger partial charge < -0.3 is 14.0 Å². The number of hydrazone groups is 1. The minimum atomic E-state index is -0.304. The topological polar surface area (TPSA) is 64.8 Å². The van der Waals surface area contributed by atoms with Crippen molar-refractivity contribution in [2.75, 3.05) is 7.11 Å². The van der Waals surface area contributed by atoms with Gasteiger partial charge in [0.15, 0.2) is 11.5 Å². The molecule has 0 radical (unpaired) electrons. The van der Waals surface area contributed by atoms with Crippen LogP contribution in [0, 0.1) is 13.8 Å². The SMILES string of the molecule is COc1cc(/C=N/NC(=O)c2ccc(-n3c(C)ccc3C)cc2)c(Br)cc1OCc1ccccc1Cl. The molecule has 0 saturated heterocycles. The van der Waals surface area contributed by atoms with Crippen LogP contribution in [-0.2, 0) is 6.61 Å². The molecular weight excluding hydrogens is 542 g/mol. The van der Waals surface area contributed by atoms with Crippen molar-refractivity contribution in [1.82, 2.24) is 9.99 Å². The van der Waals surface area contributed by atoms with E-state index in [2.05, 4.69) is 43.2 Å². The molecule has 0 saturated carbocycles. The van der Waals surface area contributed by atoms with Gasteiger partial charge in [-0.2, -0.15) is 5.10 Å². The molecule has 1 heterocycles. The highest BCUT2D eigenvalue weighted by molar-refractivity contribution is 9.10. The molecule has 8 heteroatoms. The number of methoxy groups -OCH3 is 1. The summed E-state index contributed by atoms with van der Waals surface area (Å²) in [7, 11) is 1.56. The van der Waals surface area contributed by atoms with E-state index in [0.717, 1.165) is 27.1 Å². The predicted molar refractivity (Wildman–Crippen MR) is 147 cm³/mol. The molecule has 184 valence electrons. The maximum Gasteiger partial charge on any atom is 0.271 e. The number of benzene rings is 3. The van der Waals surface area contributed by atoms with Gasteiger partial charge in [0.1, 0.15) is 6.61 Å². The fourth-order valence-corrected chi connectivity index (χ4v) is 4.37. The maximum absolute atomic E-state index is 12.6. The van der Waals surface area contributed by atoms with Crippen molar-refractivity contribution in [1.29, 1.82) is 0 Å². The van der Waals surface area contributed by atoms with Crippen LogP contribution in [0.4, 0.5) is 0 Å². The first-order valence-corrected chi connectivity index (χ1v) is 12.4. The fraction of sp³-hybridized carbons (Fsp3) is 0.143. The fourth-order valence-electron chi connectivity index (χ4n) is 3.76. The Labute approximate surface area is 223 Å². The van der Waals surface area contributed by atoms with Gasteiger partial charge in [-0.05, 0) is 84.4 Å². The van der Waals surface area contributed by atoms with Gasteiger partial charge in [-0.25, -0.2) is 5.43 Å². The molecule has 1 aromatic heterocycles. The van der Waals surface area contributed by atoms with Crippen molar-refractivity contribution in [3.63, 3.8) is 0 Å². The number of nitrogens with zero attached hydrogens (tertiary/aromatic N) is 2. The number of carbonyl (C=O) groups excluding carboxylic acids is 1. The summed E-state index contributed by atoms with van der Waals surface area (Å²) in [6, 6.07) is 22.6. The molecule has 4 rings (SSSR count). The monoisotopic (exact) mass is 565 g/mol. The number of ether oxygens (including phenoxy) is 2. The second-order valence-electron chi connectivity index (χ2n) is 8.10. The lowest BCUT2D eigenvalue weighted by Gasteiger charge is -2.13. The predicted octanol–water partition coefficient (Wildman–Crippen LogP) is 6.86. The van der Waals surface area contributed by atoms with Crippen LogP contribution < -0.4 is 14.9 Å². The van der Waals surface area contributed by atoms with Crippen LogP contribution in [0.2, 0.25) is 5.02 Å². The summed E-state index contributed by atoms with van der Waals surface area (Å²) in [6.07, 6.45) is 1.54. The van der Waals surface area contributed by atoms with Crippen LogP contribution in [0.5, 0.6) is 11.5 Å². The minimum absolute atomic E-state index is 0.300. The van der Waals surface area contributed by atoms with Gasteiger partial charge in [0.05, 0.1) is 13.3 Å². The van der Waals surface area contributed by atoms with Gasteiger partial charge in [-0.15, -0.1) is 0 Å². The van der Waals surface area contributed by atoms with Crippen molar-refractivity contribution >= 4 is 39.7 Å². The zero-order chi connectivity index (χ0) is 25.7. The minimum Gasteiger partial charge on any atom is -0.493 e. The van der Waals surface area contributed by atoms with E-state index in [1.165, 1.54) is 0 Å². The molecular formula is C28H25BrClN3O3. The number of rotatable bonds is 8. The van der Waals surface area contributed by atoms with E-state index in [0.29, 0.717) is 34.3 Å². The number of nitrogens with one attached hydrogen (secondary N) is 1. The average molecular weight is 567 g/mol. The van der Waals surface area contributed by atoms with E-state index in [4.69, 9.17) is 21.1 Å². The van der Waals surface area contributed by atoms with E-state index in [-0.39, 0.29) is 5.91 Å². The van der Waals surface area contributed by atoms with E-state index in [1.807, 2.05) is 50.2 Å². The Morgan fingerprint density at radius 1 is 1.03 bits per heavy atom. The number of aryl methyl sites for hydroxylation is 2. The molecule has 3 aromatic carbocycles. The van der Waals surface area contributed by atoms with Gasteiger partial charge in [0.25, 0.3) is 5.91 Å². The molecule has 0 aliphatic carbocycles. The summed E-state index contributed by atoms with van der Waals surface area (Å²) >= 11 is 9.75. The van der Waals surface area contributed by atoms with E-state index in [1.54, 1.807) is 37.6 Å². The second-order valence-corrected chi connectivity index (χ2v) is 9.36. The molecule has 1 N–H and O–H groups in total. The molecule has 0 aliphatic rings. The summed E-state index contributed by atoms with van der Waals surface area (Å²) in [5, 5.41) is 4.75. The Bertz CT molecular complexity index is 1390. The molecule has 0 unspecified atom stereocenters. The third-order valence-electron chi connectivity index (χ3n) is 5.65. The first-order valence-electron chi connectivity index (χ1n) is 11.2. The highest BCUT2D eigenvalue weighted by atomic mass is 79.9. The van der Waals surface area contributed by atoms with E-state index < -0.39 is 0 Å². The molecule has 0 spiro atoms. The quantitative estimate of drug-likeness (QED) is 0.187. The van der Waals surface area contributed by atoms with Crippen LogP contribution >= 0.6 is 27.5 Å². The van der Waals surface area contributed by atoms with Crippen molar-refractivity contribution < 1.29 is 14.3 Å². The van der Waals surface area contributed by atoms with Gasteiger partial charge in [0, 0.05) is 43.3 Å². The standard InChI is InChI=1S/C28H25BrClN3O3/c1-18-8-9-19(2)33(18)23-12-10-20(11-13-23)28(34)32-31-16-22-14-26(35-3)27(15-24(22)29)36-17-21-6-4-5-7-25(21)30/h4-16H,17H2,1-3H3,(H,32,34)/b31-16+. The van der Waals surface area contributed by atoms with Crippen LogP contribution in [-0.4, -0.2) is 23.8 Å². The number of halogens is 2. The summed E-state index contributed by atoms with van der Waals surface area (Å²) < 4.78 is 14.3. The maximum atomic E-state index is 12.6. The molecule has 36 heavy (non-hydrogen) atoms. The number of aromatic nitrogens is 1. The van der Waals surface area contributed by atoms with Crippen LogP contribution in [0.25, 0.3) is 5.69 Å². The van der Waals surface area contributed by atoms with Gasteiger partial charge in [0.2, 0.25) is 0 Å². The first kappa shape index (κ1) is 25.5. The summed E-state index contributed by atoms with van der Waals surface area (Å²) in [5.41, 5.74) is 7.94. The highest BCUT2D eigenvalue weighted by Gasteiger charge is 2.11. The van der Waals surface area contributed by atoms with E-state index >= 15 is 0 Å². The summed E-state index contributed by atoms with van der Waals surface area (Å²) in [5.74, 6) is 0.782. The molecule has 0 bridgehead atoms.